The molecule has 0 aromatic heterocycles. The number of hydrogen-bond acceptors (Lipinski definition) is 2. The fourth-order valence-corrected chi connectivity index (χ4v) is 2.28. The molecule has 0 aliphatic rings. The average molecular weight is 310 g/mol. The Hall–Kier alpha value is -3.14. The number of carbonyl (C=O) groups excluding carboxylic acids is 1. The molecule has 0 spiro atoms. The van der Waals surface area contributed by atoms with Crippen molar-refractivity contribution in [3.63, 3.8) is 0 Å². The predicted octanol–water partition coefficient (Wildman–Crippen LogP) is 3.48. The second-order valence-corrected chi connectivity index (χ2v) is 5.27. The van der Waals surface area contributed by atoms with Gasteiger partial charge in [-0.05, 0) is 29.8 Å². The molecule has 0 aliphatic carbocycles. The molecule has 0 bridgehead atoms. The molecule has 2 radical (unpaired) electrons. The Labute approximate surface area is 142 Å². The molecule has 24 heavy (non-hydrogen) atoms. The molecule has 3 aromatic carbocycles. The lowest BCUT2D eigenvalue weighted by Crippen LogP contribution is -2.11. The zero-order chi connectivity index (χ0) is 16.8. The minimum Gasteiger partial charge on any atom is -0.322 e. The lowest BCUT2D eigenvalue weighted by molar-refractivity contribution is 0.102. The number of amides is 1. The molecule has 0 saturated heterocycles. The minimum atomic E-state index is -0.193. The first-order chi connectivity index (χ1) is 11.7. The number of anilines is 1. The largest absolute Gasteiger partial charge is 0.322 e. The van der Waals surface area contributed by atoms with Crippen LogP contribution in [0.15, 0.2) is 83.9 Å². The van der Waals surface area contributed by atoms with E-state index in [2.05, 4.69) is 10.3 Å². The van der Waals surface area contributed by atoms with E-state index in [0.29, 0.717) is 16.7 Å². The molecule has 1 N–H and O–H groups in total. The van der Waals surface area contributed by atoms with E-state index in [1.807, 2.05) is 72.8 Å². The van der Waals surface area contributed by atoms with E-state index in [1.54, 1.807) is 12.3 Å². The van der Waals surface area contributed by atoms with Gasteiger partial charge in [0.25, 0.3) is 5.91 Å². The second-order valence-electron chi connectivity index (χ2n) is 5.27. The third kappa shape index (κ3) is 3.99. The minimum absolute atomic E-state index is 0.193. The van der Waals surface area contributed by atoms with Crippen LogP contribution < -0.4 is 10.8 Å². The van der Waals surface area contributed by atoms with Crippen LogP contribution >= 0.6 is 0 Å². The molecule has 0 heterocycles. The zero-order valence-corrected chi connectivity index (χ0v) is 13.0. The van der Waals surface area contributed by atoms with Gasteiger partial charge < -0.3 is 5.32 Å². The number of nitrogens with zero attached hydrogens (tertiary/aromatic N) is 1. The molecule has 0 aliphatic heterocycles. The summed E-state index contributed by atoms with van der Waals surface area (Å²) < 4.78 is 0. The van der Waals surface area contributed by atoms with Gasteiger partial charge >= 0.3 is 0 Å². The van der Waals surface area contributed by atoms with Crippen LogP contribution in [0, 0.1) is 0 Å². The first-order valence-electron chi connectivity index (χ1n) is 7.57. The van der Waals surface area contributed by atoms with Gasteiger partial charge in [-0.25, -0.2) is 0 Å². The molecule has 3 aromatic rings. The maximum absolute atomic E-state index is 12.5. The van der Waals surface area contributed by atoms with Crippen molar-refractivity contribution in [3.8, 4) is 0 Å². The molecule has 4 heteroatoms. The Morgan fingerprint density at radius 3 is 2.46 bits per heavy atom. The van der Waals surface area contributed by atoms with Gasteiger partial charge in [0.15, 0.2) is 0 Å². The van der Waals surface area contributed by atoms with Crippen molar-refractivity contribution in [2.24, 2.45) is 4.99 Å². The van der Waals surface area contributed by atoms with E-state index in [4.69, 9.17) is 7.85 Å². The standard InChI is InChI=1S/C20H15BN2O/c21-16-8-6-7-15(13-16)14-22-19-12-5-4-11-18(19)20(24)23-17-9-2-1-3-10-17/h1-14H,(H,23,24). The summed E-state index contributed by atoms with van der Waals surface area (Å²) in [6.45, 7) is 0. The van der Waals surface area contributed by atoms with Gasteiger partial charge in [0.1, 0.15) is 7.85 Å². The maximum Gasteiger partial charge on any atom is 0.257 e. The highest BCUT2D eigenvalue weighted by atomic mass is 16.1. The first kappa shape index (κ1) is 15.7. The normalized spacial score (nSPS) is 10.7. The van der Waals surface area contributed by atoms with Crippen molar-refractivity contribution in [2.75, 3.05) is 5.32 Å². The van der Waals surface area contributed by atoms with E-state index in [9.17, 15) is 4.79 Å². The SMILES string of the molecule is [B]c1cccc(C=Nc2ccccc2C(=O)Nc2ccccc2)c1. The van der Waals surface area contributed by atoms with E-state index in [-0.39, 0.29) is 5.91 Å². The number of rotatable bonds is 4. The highest BCUT2D eigenvalue weighted by molar-refractivity contribution is 6.32. The van der Waals surface area contributed by atoms with Gasteiger partial charge in [-0.1, -0.05) is 60.1 Å². The fraction of sp³-hybridized carbons (Fsp3) is 0. The average Bonchev–Trinajstić information content (AvgIpc) is 2.61. The van der Waals surface area contributed by atoms with E-state index < -0.39 is 0 Å². The second kappa shape index (κ2) is 7.42. The van der Waals surface area contributed by atoms with Crippen molar-refractivity contribution >= 4 is 36.8 Å². The molecule has 1 amide bonds. The third-order valence-corrected chi connectivity index (χ3v) is 3.44. The summed E-state index contributed by atoms with van der Waals surface area (Å²) in [7, 11) is 5.77. The van der Waals surface area contributed by atoms with Crippen molar-refractivity contribution in [3.05, 3.63) is 90.0 Å². The van der Waals surface area contributed by atoms with Crippen LogP contribution in [0.5, 0.6) is 0 Å². The van der Waals surface area contributed by atoms with E-state index >= 15 is 0 Å². The third-order valence-electron chi connectivity index (χ3n) is 3.44. The Bertz CT molecular complexity index is 876. The van der Waals surface area contributed by atoms with Gasteiger partial charge in [0.05, 0.1) is 11.3 Å². The van der Waals surface area contributed by atoms with Crippen LogP contribution in [0.25, 0.3) is 0 Å². The quantitative estimate of drug-likeness (QED) is 0.582. The summed E-state index contributed by atoms with van der Waals surface area (Å²) in [6, 6.07) is 24.0. The number of para-hydroxylation sites is 2. The lowest BCUT2D eigenvalue weighted by Gasteiger charge is -2.07. The van der Waals surface area contributed by atoms with E-state index in [0.717, 1.165) is 11.3 Å². The molecule has 0 saturated carbocycles. The Morgan fingerprint density at radius 1 is 0.917 bits per heavy atom. The van der Waals surface area contributed by atoms with Crippen molar-refractivity contribution in [1.29, 1.82) is 0 Å². The monoisotopic (exact) mass is 310 g/mol. The summed E-state index contributed by atoms with van der Waals surface area (Å²) in [6.07, 6.45) is 1.70. The number of aliphatic imine (C=N–C) groups is 1. The van der Waals surface area contributed by atoms with Crippen LogP contribution in [0.2, 0.25) is 0 Å². The Morgan fingerprint density at radius 2 is 1.67 bits per heavy atom. The van der Waals surface area contributed by atoms with Gasteiger partial charge in [-0.15, -0.1) is 0 Å². The number of nitrogens with one attached hydrogen (secondary N) is 1. The number of hydrogen-bond donors (Lipinski definition) is 1. The molecule has 0 unspecified atom stereocenters. The fourth-order valence-electron chi connectivity index (χ4n) is 2.28. The van der Waals surface area contributed by atoms with Crippen molar-refractivity contribution in [1.82, 2.24) is 0 Å². The smallest absolute Gasteiger partial charge is 0.257 e. The molecule has 3 rings (SSSR count). The van der Waals surface area contributed by atoms with Gasteiger partial charge in [0, 0.05) is 11.9 Å². The maximum atomic E-state index is 12.5. The summed E-state index contributed by atoms with van der Waals surface area (Å²) in [5.74, 6) is -0.193. The van der Waals surface area contributed by atoms with Gasteiger partial charge in [0.2, 0.25) is 0 Å². The Balaban J connectivity index is 1.84. The molecular formula is C20H15BN2O. The van der Waals surface area contributed by atoms with Crippen molar-refractivity contribution in [2.45, 2.75) is 0 Å². The number of benzene rings is 3. The molecule has 114 valence electrons. The molecular weight excluding hydrogens is 295 g/mol. The molecule has 0 fully saturated rings. The van der Waals surface area contributed by atoms with E-state index in [1.165, 1.54) is 0 Å². The summed E-state index contributed by atoms with van der Waals surface area (Å²) >= 11 is 0. The summed E-state index contributed by atoms with van der Waals surface area (Å²) in [5, 5.41) is 2.87. The number of carbonyl (C=O) groups is 1. The Kier molecular flexibility index (Phi) is 4.87. The van der Waals surface area contributed by atoms with Crippen LogP contribution in [0.3, 0.4) is 0 Å². The van der Waals surface area contributed by atoms with Gasteiger partial charge in [-0.3, -0.25) is 9.79 Å². The first-order valence-corrected chi connectivity index (χ1v) is 7.57. The van der Waals surface area contributed by atoms with Crippen LogP contribution in [0.4, 0.5) is 11.4 Å². The lowest BCUT2D eigenvalue weighted by atomic mass is 9.95. The topological polar surface area (TPSA) is 41.5 Å². The highest BCUT2D eigenvalue weighted by Gasteiger charge is 2.10. The summed E-state index contributed by atoms with van der Waals surface area (Å²) in [5.41, 5.74) is 3.43. The van der Waals surface area contributed by atoms with Crippen LogP contribution in [-0.2, 0) is 0 Å². The molecule has 0 atom stereocenters. The van der Waals surface area contributed by atoms with Crippen LogP contribution in [0.1, 0.15) is 15.9 Å². The highest BCUT2D eigenvalue weighted by Crippen LogP contribution is 2.20. The predicted molar refractivity (Wildman–Crippen MR) is 99.9 cm³/mol. The summed E-state index contributed by atoms with van der Waals surface area (Å²) in [4.78, 5) is 16.9. The molecule has 3 nitrogen and oxygen atoms in total. The van der Waals surface area contributed by atoms with Crippen molar-refractivity contribution < 1.29 is 4.79 Å². The van der Waals surface area contributed by atoms with Crippen LogP contribution in [-0.4, -0.2) is 20.0 Å². The van der Waals surface area contributed by atoms with Gasteiger partial charge in [-0.2, -0.15) is 0 Å². The zero-order valence-electron chi connectivity index (χ0n) is 13.0.